The van der Waals surface area contributed by atoms with Gasteiger partial charge in [0, 0.05) is 18.2 Å². The molecule has 0 heterocycles. The van der Waals surface area contributed by atoms with E-state index in [0.29, 0.717) is 30.2 Å². The molecule has 2 aromatic carbocycles. The van der Waals surface area contributed by atoms with Crippen molar-refractivity contribution in [3.63, 3.8) is 0 Å². The molecule has 2 atom stereocenters. The highest BCUT2D eigenvalue weighted by atomic mass is 16.5. The van der Waals surface area contributed by atoms with E-state index in [1.54, 1.807) is 18.2 Å². The average molecular weight is 388 g/mol. The summed E-state index contributed by atoms with van der Waals surface area (Å²) in [6, 6.07) is 12.4. The molecule has 0 aromatic heterocycles. The minimum Gasteiger partial charge on any atom is -0.493 e. The topological polar surface area (TPSA) is 103 Å². The second-order valence-electron chi connectivity index (χ2n) is 6.58. The predicted molar refractivity (Wildman–Crippen MR) is 107 cm³/mol. The summed E-state index contributed by atoms with van der Waals surface area (Å²) in [5, 5.41) is 13.3. The van der Waals surface area contributed by atoms with Gasteiger partial charge in [-0.3, -0.25) is 4.79 Å². The summed E-state index contributed by atoms with van der Waals surface area (Å²) in [5.74, 6) is 1.20. The zero-order valence-electron chi connectivity index (χ0n) is 16.5. The van der Waals surface area contributed by atoms with Crippen molar-refractivity contribution in [2.75, 3.05) is 26.9 Å². The third kappa shape index (κ3) is 6.44. The van der Waals surface area contributed by atoms with Gasteiger partial charge in [0.2, 0.25) is 5.91 Å². The summed E-state index contributed by atoms with van der Waals surface area (Å²) >= 11 is 0. The van der Waals surface area contributed by atoms with Crippen LogP contribution < -0.4 is 25.3 Å². The van der Waals surface area contributed by atoms with Gasteiger partial charge in [0.15, 0.2) is 11.5 Å². The van der Waals surface area contributed by atoms with Crippen LogP contribution in [-0.4, -0.2) is 50.0 Å². The number of rotatable bonds is 11. The normalized spacial score (nSPS) is 12.9. The van der Waals surface area contributed by atoms with Crippen LogP contribution in [0.1, 0.15) is 22.8 Å². The highest BCUT2D eigenvalue weighted by Gasteiger charge is 2.12. The van der Waals surface area contributed by atoms with Crippen LogP contribution in [0.2, 0.25) is 0 Å². The van der Waals surface area contributed by atoms with Gasteiger partial charge in [0.05, 0.1) is 7.11 Å². The fourth-order valence-corrected chi connectivity index (χ4v) is 2.51. The summed E-state index contributed by atoms with van der Waals surface area (Å²) in [6.07, 6.45) is -0.647. The summed E-state index contributed by atoms with van der Waals surface area (Å²) in [6.45, 7) is 4.84. The number of nitrogens with one attached hydrogen (secondary N) is 1. The average Bonchev–Trinajstić information content (AvgIpc) is 2.69. The highest BCUT2D eigenvalue weighted by molar-refractivity contribution is 5.93. The number of nitrogens with two attached hydrogens (primary N) is 1. The van der Waals surface area contributed by atoms with Crippen LogP contribution in [0.25, 0.3) is 0 Å². The molecule has 152 valence electrons. The molecule has 2 rings (SSSR count). The largest absolute Gasteiger partial charge is 0.493 e. The summed E-state index contributed by atoms with van der Waals surface area (Å²) in [5.41, 5.74) is 6.65. The number of ether oxygens (including phenoxy) is 3. The molecule has 2 unspecified atom stereocenters. The number of aliphatic hydroxyl groups excluding tert-OH is 1. The van der Waals surface area contributed by atoms with Crippen LogP contribution in [0.4, 0.5) is 0 Å². The smallest absolute Gasteiger partial charge is 0.248 e. The summed E-state index contributed by atoms with van der Waals surface area (Å²) in [4.78, 5) is 11.2. The minimum absolute atomic E-state index is 0.0198. The molecule has 0 aliphatic rings. The first kappa shape index (κ1) is 21.5. The van der Waals surface area contributed by atoms with E-state index in [0.717, 1.165) is 11.3 Å². The minimum atomic E-state index is -0.647. The van der Waals surface area contributed by atoms with Crippen molar-refractivity contribution in [1.29, 1.82) is 0 Å². The molecular formula is C21H28N2O5. The highest BCUT2D eigenvalue weighted by Crippen LogP contribution is 2.28. The van der Waals surface area contributed by atoms with Crippen LogP contribution in [0.5, 0.6) is 17.2 Å². The first-order valence-electron chi connectivity index (χ1n) is 9.11. The van der Waals surface area contributed by atoms with Crippen molar-refractivity contribution in [1.82, 2.24) is 5.32 Å². The van der Waals surface area contributed by atoms with E-state index in [9.17, 15) is 9.90 Å². The molecule has 0 saturated carbocycles. The number of para-hydroxylation sites is 1. The maximum Gasteiger partial charge on any atom is 0.248 e. The molecule has 0 aliphatic heterocycles. The zero-order chi connectivity index (χ0) is 20.5. The van der Waals surface area contributed by atoms with E-state index in [1.165, 1.54) is 7.11 Å². The molecule has 2 aromatic rings. The second kappa shape index (κ2) is 10.5. The second-order valence-corrected chi connectivity index (χ2v) is 6.58. The lowest BCUT2D eigenvalue weighted by molar-refractivity contribution is 0.1000. The molecule has 0 spiro atoms. The van der Waals surface area contributed by atoms with E-state index in [-0.39, 0.29) is 12.6 Å². The number of benzene rings is 2. The van der Waals surface area contributed by atoms with Crippen molar-refractivity contribution >= 4 is 5.91 Å². The van der Waals surface area contributed by atoms with Crippen molar-refractivity contribution in [3.05, 3.63) is 53.6 Å². The van der Waals surface area contributed by atoms with Gasteiger partial charge < -0.3 is 30.4 Å². The van der Waals surface area contributed by atoms with E-state index < -0.39 is 12.0 Å². The lowest BCUT2D eigenvalue weighted by Gasteiger charge is -2.19. The first-order chi connectivity index (χ1) is 13.4. The van der Waals surface area contributed by atoms with E-state index >= 15 is 0 Å². The first-order valence-corrected chi connectivity index (χ1v) is 9.11. The number of primary amides is 1. The Bertz CT molecular complexity index is 781. The predicted octanol–water partition coefficient (Wildman–Crippen LogP) is 1.90. The van der Waals surface area contributed by atoms with E-state index in [4.69, 9.17) is 19.9 Å². The molecule has 0 aliphatic carbocycles. The standard InChI is InChI=1S/C21H28N2O5/c1-14-6-4-5-7-18(14)28-13-17(24)11-23-15(2)12-27-19-9-8-16(21(22)25)10-20(19)26-3/h4-10,15,17,23-24H,11-13H2,1-3H3,(H2,22,25). The SMILES string of the molecule is COc1cc(C(N)=O)ccc1OCC(C)NCC(O)COc1ccccc1C. The molecule has 7 heteroatoms. The van der Waals surface area contributed by atoms with Gasteiger partial charge in [-0.15, -0.1) is 0 Å². The number of aliphatic hydroxyl groups is 1. The molecule has 0 radical (unpaired) electrons. The number of methoxy groups -OCH3 is 1. The Balaban J connectivity index is 1.75. The van der Waals surface area contributed by atoms with Crippen LogP contribution >= 0.6 is 0 Å². The van der Waals surface area contributed by atoms with Crippen molar-refractivity contribution in [2.45, 2.75) is 26.0 Å². The van der Waals surface area contributed by atoms with Crippen LogP contribution in [0, 0.1) is 6.92 Å². The molecule has 4 N–H and O–H groups in total. The van der Waals surface area contributed by atoms with Gasteiger partial charge in [-0.25, -0.2) is 0 Å². The lowest BCUT2D eigenvalue weighted by atomic mass is 10.2. The summed E-state index contributed by atoms with van der Waals surface area (Å²) < 4.78 is 16.6. The van der Waals surface area contributed by atoms with Crippen LogP contribution in [0.3, 0.4) is 0 Å². The Morgan fingerprint density at radius 2 is 1.82 bits per heavy atom. The number of amides is 1. The number of carbonyl (C=O) groups is 1. The molecule has 7 nitrogen and oxygen atoms in total. The molecule has 28 heavy (non-hydrogen) atoms. The molecule has 0 bridgehead atoms. The number of aryl methyl sites for hydroxylation is 1. The van der Waals surface area contributed by atoms with Crippen LogP contribution in [0.15, 0.2) is 42.5 Å². The Kier molecular flexibility index (Phi) is 8.10. The quantitative estimate of drug-likeness (QED) is 0.543. The third-order valence-corrected chi connectivity index (χ3v) is 4.16. The Labute approximate surface area is 165 Å². The molecule has 0 saturated heterocycles. The lowest BCUT2D eigenvalue weighted by Crippen LogP contribution is -2.39. The fraction of sp³-hybridized carbons (Fsp3) is 0.381. The molecule has 1 amide bonds. The van der Waals surface area contributed by atoms with Crippen LogP contribution in [-0.2, 0) is 0 Å². The maximum absolute atomic E-state index is 11.2. The van der Waals surface area contributed by atoms with E-state index in [1.807, 2.05) is 38.1 Å². The Morgan fingerprint density at radius 1 is 1.11 bits per heavy atom. The molecule has 0 fully saturated rings. The number of hydrogen-bond donors (Lipinski definition) is 3. The van der Waals surface area contributed by atoms with Crippen molar-refractivity contribution in [3.8, 4) is 17.2 Å². The monoisotopic (exact) mass is 388 g/mol. The van der Waals surface area contributed by atoms with Gasteiger partial charge >= 0.3 is 0 Å². The number of carbonyl (C=O) groups excluding carboxylic acids is 1. The van der Waals surface area contributed by atoms with E-state index in [2.05, 4.69) is 5.32 Å². The van der Waals surface area contributed by atoms with Gasteiger partial charge in [-0.05, 0) is 43.7 Å². The fourth-order valence-electron chi connectivity index (χ4n) is 2.51. The number of hydrogen-bond acceptors (Lipinski definition) is 6. The van der Waals surface area contributed by atoms with Gasteiger partial charge in [0.25, 0.3) is 0 Å². The van der Waals surface area contributed by atoms with Gasteiger partial charge in [-0.1, -0.05) is 18.2 Å². The van der Waals surface area contributed by atoms with Gasteiger partial charge in [-0.2, -0.15) is 0 Å². The zero-order valence-corrected chi connectivity index (χ0v) is 16.5. The third-order valence-electron chi connectivity index (χ3n) is 4.16. The van der Waals surface area contributed by atoms with Crippen molar-refractivity contribution in [2.24, 2.45) is 5.73 Å². The Hall–Kier alpha value is -2.77. The Morgan fingerprint density at radius 3 is 2.50 bits per heavy atom. The maximum atomic E-state index is 11.2. The summed E-state index contributed by atoms with van der Waals surface area (Å²) in [7, 11) is 1.50. The van der Waals surface area contributed by atoms with Gasteiger partial charge in [0.1, 0.15) is 25.1 Å². The van der Waals surface area contributed by atoms with Crippen molar-refractivity contribution < 1.29 is 24.1 Å². The molecular weight excluding hydrogens is 360 g/mol.